The number of hydrogen-bond acceptors (Lipinski definition) is 4. The molecule has 0 spiro atoms. The molecule has 0 bridgehead atoms. The molecule has 0 saturated carbocycles. The van der Waals surface area contributed by atoms with Crippen molar-refractivity contribution in [1.29, 1.82) is 5.26 Å². The molecule has 2 heterocycles. The summed E-state index contributed by atoms with van der Waals surface area (Å²) in [6, 6.07) is 4.54. The van der Waals surface area contributed by atoms with Crippen LogP contribution in [-0.4, -0.2) is 28.2 Å². The average molecular weight is 335 g/mol. The summed E-state index contributed by atoms with van der Waals surface area (Å²) in [4.78, 5) is 22.9. The van der Waals surface area contributed by atoms with Gasteiger partial charge < -0.3 is 10.1 Å². The second kappa shape index (κ2) is 5.30. The maximum atomic E-state index is 12.9. The number of carbonyl (C=O) groups is 1. The lowest BCUT2D eigenvalue weighted by atomic mass is 10.1. The monoisotopic (exact) mass is 334 g/mol. The molecule has 2 aromatic heterocycles. The van der Waals surface area contributed by atoms with Crippen molar-refractivity contribution >= 4 is 45.3 Å². The first kappa shape index (κ1) is 14.9. The highest BCUT2D eigenvalue weighted by atomic mass is 35.5. The number of rotatable bonds is 2. The number of aromatic nitrogens is 2. The number of halogens is 2. The molecule has 0 atom stereocenters. The van der Waals surface area contributed by atoms with Gasteiger partial charge in [0.25, 0.3) is 0 Å². The van der Waals surface area contributed by atoms with Crippen molar-refractivity contribution in [3.63, 3.8) is 0 Å². The number of amides is 1. The van der Waals surface area contributed by atoms with Crippen LogP contribution < -0.4 is 9.84 Å². The summed E-state index contributed by atoms with van der Waals surface area (Å²) in [7, 11) is 1.29. The first-order valence-electron chi connectivity index (χ1n) is 6.27. The van der Waals surface area contributed by atoms with Crippen molar-refractivity contribution in [1.82, 2.24) is 9.97 Å². The van der Waals surface area contributed by atoms with E-state index in [9.17, 15) is 19.7 Å². The molecule has 7 nitrogen and oxygen atoms in total. The number of nitrogens with one attached hydrogen (secondary N) is 1. The van der Waals surface area contributed by atoms with E-state index >= 15 is 0 Å². The zero-order valence-corrected chi connectivity index (χ0v) is 12.3. The normalized spacial score (nSPS) is 10.7. The Hall–Kier alpha value is -3.05. The van der Waals surface area contributed by atoms with Crippen LogP contribution in [0.2, 0.25) is 5.02 Å². The number of carboxylic acid groups (broad SMARTS) is 1. The van der Waals surface area contributed by atoms with E-state index in [0.29, 0.717) is 21.6 Å². The van der Waals surface area contributed by atoms with Crippen LogP contribution in [0.15, 0.2) is 18.3 Å². The zero-order chi connectivity index (χ0) is 16.7. The Labute approximate surface area is 133 Å². The molecular weight excluding hydrogens is 327 g/mol. The number of fused-ring (bicyclic) bond motifs is 3. The number of H-pyrrole nitrogens is 1. The van der Waals surface area contributed by atoms with Gasteiger partial charge in [-0.2, -0.15) is 5.26 Å². The Kier molecular flexibility index (Phi) is 3.42. The Morgan fingerprint density at radius 3 is 2.91 bits per heavy atom. The lowest BCUT2D eigenvalue weighted by molar-refractivity contribution is -0.00631. The molecule has 23 heavy (non-hydrogen) atoms. The van der Waals surface area contributed by atoms with Crippen molar-refractivity contribution in [2.45, 2.75) is 0 Å². The first-order chi connectivity index (χ1) is 11.0. The summed E-state index contributed by atoms with van der Waals surface area (Å²) in [6.45, 7) is 0. The predicted molar refractivity (Wildman–Crippen MR) is 81.5 cm³/mol. The molecule has 2 N–H and O–H groups in total. The summed E-state index contributed by atoms with van der Waals surface area (Å²) in [5.41, 5.74) is 0.739. The molecule has 3 aromatic rings. The van der Waals surface area contributed by atoms with Crippen LogP contribution in [-0.2, 0) is 0 Å². The van der Waals surface area contributed by atoms with Crippen LogP contribution >= 0.6 is 11.6 Å². The Morgan fingerprint density at radius 1 is 1.57 bits per heavy atom. The molecular formula is C14H8ClFN4O3. The Balaban J connectivity index is 2.54. The molecule has 0 aliphatic carbocycles. The van der Waals surface area contributed by atoms with Gasteiger partial charge in [-0.1, -0.05) is 11.6 Å². The fourth-order valence-electron chi connectivity index (χ4n) is 2.43. The maximum Gasteiger partial charge on any atom is 0.411 e. The predicted octanol–water partition coefficient (Wildman–Crippen LogP) is 3.62. The van der Waals surface area contributed by atoms with Gasteiger partial charge in [-0.3, -0.25) is 9.84 Å². The molecule has 1 aromatic carbocycles. The largest absolute Gasteiger partial charge is 0.465 e. The molecule has 1 amide bonds. The second-order valence-electron chi connectivity index (χ2n) is 4.72. The quantitative estimate of drug-likeness (QED) is 0.745. The molecule has 0 unspecified atom stereocenters. The van der Waals surface area contributed by atoms with Crippen molar-refractivity contribution in [3.05, 3.63) is 28.9 Å². The highest BCUT2D eigenvalue weighted by Crippen LogP contribution is 2.40. The smallest absolute Gasteiger partial charge is 0.411 e. The van der Waals surface area contributed by atoms with Crippen LogP contribution in [0.4, 0.5) is 15.0 Å². The fourth-order valence-corrected chi connectivity index (χ4v) is 2.59. The lowest BCUT2D eigenvalue weighted by Gasteiger charge is -2.15. The molecule has 0 aliphatic heterocycles. The van der Waals surface area contributed by atoms with Crippen molar-refractivity contribution in [3.8, 4) is 11.8 Å². The standard InChI is InChI=1S/C14H8ClFN4O3/c1-20(14(21)22)9-3-10(23-16)8(4-17)11-7-2-6(15)5-18-13(7)19-12(9)11/h2-3,5H,1H3,(H,18,19)(H,21,22). The number of pyridine rings is 1. The number of benzene rings is 1. The molecule has 116 valence electrons. The third-order valence-corrected chi connectivity index (χ3v) is 3.69. The van der Waals surface area contributed by atoms with Gasteiger partial charge in [0.2, 0.25) is 0 Å². The minimum Gasteiger partial charge on any atom is -0.465 e. The third kappa shape index (κ3) is 2.18. The van der Waals surface area contributed by atoms with Gasteiger partial charge in [-0.05, 0) is 6.07 Å². The highest BCUT2D eigenvalue weighted by Gasteiger charge is 2.23. The maximum absolute atomic E-state index is 12.9. The summed E-state index contributed by atoms with van der Waals surface area (Å²) in [5.74, 6) is -0.385. The van der Waals surface area contributed by atoms with E-state index in [1.807, 2.05) is 6.07 Å². The van der Waals surface area contributed by atoms with E-state index in [1.165, 1.54) is 13.2 Å². The van der Waals surface area contributed by atoms with E-state index < -0.39 is 6.09 Å². The summed E-state index contributed by atoms with van der Waals surface area (Å²) < 4.78 is 12.9. The van der Waals surface area contributed by atoms with E-state index in [2.05, 4.69) is 14.9 Å². The lowest BCUT2D eigenvalue weighted by Crippen LogP contribution is -2.24. The molecule has 0 fully saturated rings. The topological polar surface area (TPSA) is 102 Å². The molecule has 0 saturated heterocycles. The number of aromatic amines is 1. The van der Waals surface area contributed by atoms with Gasteiger partial charge in [-0.25, -0.2) is 9.78 Å². The van der Waals surface area contributed by atoms with Crippen LogP contribution in [0.5, 0.6) is 5.75 Å². The van der Waals surface area contributed by atoms with Crippen molar-refractivity contribution in [2.24, 2.45) is 0 Å². The molecule has 3 rings (SSSR count). The highest BCUT2D eigenvalue weighted by molar-refractivity contribution is 6.31. The van der Waals surface area contributed by atoms with Gasteiger partial charge >= 0.3 is 6.09 Å². The minimum absolute atomic E-state index is 0.0830. The molecule has 0 aliphatic rings. The number of anilines is 1. The van der Waals surface area contributed by atoms with Crippen LogP contribution in [0.1, 0.15) is 5.56 Å². The summed E-state index contributed by atoms with van der Waals surface area (Å²) in [5, 5.41) is 19.6. The Bertz CT molecular complexity index is 995. The summed E-state index contributed by atoms with van der Waals surface area (Å²) in [6.07, 6.45) is 0.142. The minimum atomic E-state index is -1.26. The van der Waals surface area contributed by atoms with Gasteiger partial charge in [-0.15, -0.1) is 0 Å². The number of nitrogens with zero attached hydrogens (tertiary/aromatic N) is 3. The number of nitriles is 1. The van der Waals surface area contributed by atoms with Gasteiger partial charge in [0.05, 0.1) is 16.2 Å². The molecule has 9 heteroatoms. The van der Waals surface area contributed by atoms with Crippen molar-refractivity contribution in [2.75, 3.05) is 11.9 Å². The van der Waals surface area contributed by atoms with E-state index in [1.54, 1.807) is 6.07 Å². The second-order valence-corrected chi connectivity index (χ2v) is 5.16. The van der Waals surface area contributed by atoms with Crippen LogP contribution in [0.3, 0.4) is 0 Å². The average Bonchev–Trinajstić information content (AvgIpc) is 2.91. The molecule has 0 radical (unpaired) electrons. The van der Waals surface area contributed by atoms with Crippen molar-refractivity contribution < 1.29 is 19.4 Å². The summed E-state index contributed by atoms with van der Waals surface area (Å²) >= 11 is 5.93. The third-order valence-electron chi connectivity index (χ3n) is 3.48. The van der Waals surface area contributed by atoms with Gasteiger partial charge in [0.1, 0.15) is 17.3 Å². The first-order valence-corrected chi connectivity index (χ1v) is 6.65. The zero-order valence-electron chi connectivity index (χ0n) is 11.6. The number of hydrogen-bond donors (Lipinski definition) is 2. The van der Waals surface area contributed by atoms with E-state index in [0.717, 1.165) is 11.0 Å². The van der Waals surface area contributed by atoms with E-state index in [-0.39, 0.29) is 22.4 Å². The Morgan fingerprint density at radius 2 is 2.30 bits per heavy atom. The fraction of sp³-hybridized carbons (Fsp3) is 0.0714. The van der Waals surface area contributed by atoms with Crippen LogP contribution in [0, 0.1) is 11.3 Å². The van der Waals surface area contributed by atoms with E-state index in [4.69, 9.17) is 11.6 Å². The SMILES string of the molecule is CN(C(=O)O)c1cc(OF)c(C#N)c2c1[nH]c1ncc(Cl)cc12. The van der Waals surface area contributed by atoms with Gasteiger partial charge in [0.15, 0.2) is 5.75 Å². The van der Waals surface area contributed by atoms with Gasteiger partial charge in [0, 0.05) is 34.6 Å². The van der Waals surface area contributed by atoms with Crippen LogP contribution in [0.25, 0.3) is 21.9 Å².